The highest BCUT2D eigenvalue weighted by Gasteiger charge is 2.54. The van der Waals surface area contributed by atoms with Gasteiger partial charge in [0, 0.05) is 28.7 Å². The van der Waals surface area contributed by atoms with Crippen LogP contribution in [0.4, 0.5) is 11.5 Å². The predicted octanol–water partition coefficient (Wildman–Crippen LogP) is 2.70. The molecule has 2 amide bonds. The molecular weight excluding hydrogens is 316 g/mol. The second kappa shape index (κ2) is 4.58. The summed E-state index contributed by atoms with van der Waals surface area (Å²) in [5.41, 5.74) is 1.07. The van der Waals surface area contributed by atoms with Crippen molar-refractivity contribution in [3.8, 4) is 0 Å². The standard InChI is InChI=1S/C16H15ClN4O2/c1-8(2)21-14-11(7-18-21)16(6-13(22)20-14)10-5-9(17)3-4-12(10)19-15(16)23/h3-5,7-8H,6H2,1-2H3,(H,19,23)(H,20,22)/t16-/m0/s1. The Bertz CT molecular complexity index is 858. The van der Waals surface area contributed by atoms with E-state index in [9.17, 15) is 9.59 Å². The fourth-order valence-electron chi connectivity index (χ4n) is 3.48. The molecule has 2 N–H and O–H groups in total. The van der Waals surface area contributed by atoms with E-state index >= 15 is 0 Å². The van der Waals surface area contributed by atoms with E-state index in [0.717, 1.165) is 5.56 Å². The molecule has 0 saturated carbocycles. The van der Waals surface area contributed by atoms with Gasteiger partial charge in [-0.05, 0) is 37.6 Å². The zero-order chi connectivity index (χ0) is 16.4. The first-order chi connectivity index (χ1) is 10.9. The molecule has 0 unspecified atom stereocenters. The van der Waals surface area contributed by atoms with Gasteiger partial charge in [-0.3, -0.25) is 9.59 Å². The van der Waals surface area contributed by atoms with E-state index in [-0.39, 0.29) is 24.3 Å². The van der Waals surface area contributed by atoms with Gasteiger partial charge in [0.25, 0.3) is 0 Å². The van der Waals surface area contributed by atoms with Gasteiger partial charge in [0.1, 0.15) is 11.2 Å². The van der Waals surface area contributed by atoms with E-state index in [4.69, 9.17) is 11.6 Å². The van der Waals surface area contributed by atoms with Crippen molar-refractivity contribution < 1.29 is 9.59 Å². The lowest BCUT2D eigenvalue weighted by Crippen LogP contribution is -2.43. The summed E-state index contributed by atoms with van der Waals surface area (Å²) < 4.78 is 1.73. The van der Waals surface area contributed by atoms with Crippen molar-refractivity contribution in [2.75, 3.05) is 10.6 Å². The maximum atomic E-state index is 12.8. The van der Waals surface area contributed by atoms with Crippen LogP contribution in [-0.2, 0) is 15.0 Å². The minimum atomic E-state index is -1.06. The van der Waals surface area contributed by atoms with Gasteiger partial charge >= 0.3 is 0 Å². The largest absolute Gasteiger partial charge is 0.325 e. The third-order valence-electron chi connectivity index (χ3n) is 4.51. The van der Waals surface area contributed by atoms with E-state index in [0.29, 0.717) is 22.1 Å². The van der Waals surface area contributed by atoms with E-state index in [2.05, 4.69) is 15.7 Å². The summed E-state index contributed by atoms with van der Waals surface area (Å²) in [5, 5.41) is 10.6. The fraction of sp³-hybridized carbons (Fsp3) is 0.312. The lowest BCUT2D eigenvalue weighted by molar-refractivity contribution is -0.125. The minimum absolute atomic E-state index is 0.0446. The Labute approximate surface area is 137 Å². The number of aromatic nitrogens is 2. The molecule has 1 atom stereocenters. The zero-order valence-corrected chi connectivity index (χ0v) is 13.4. The Kier molecular flexibility index (Phi) is 2.84. The monoisotopic (exact) mass is 330 g/mol. The average molecular weight is 331 g/mol. The number of fused-ring (bicyclic) bond motifs is 4. The highest BCUT2D eigenvalue weighted by molar-refractivity contribution is 6.31. The number of nitrogens with zero attached hydrogens (tertiary/aromatic N) is 2. The second-order valence-corrected chi connectivity index (χ2v) is 6.66. The van der Waals surface area contributed by atoms with Crippen molar-refractivity contribution in [2.45, 2.75) is 31.7 Å². The average Bonchev–Trinajstić information content (AvgIpc) is 3.01. The highest BCUT2D eigenvalue weighted by atomic mass is 35.5. The first kappa shape index (κ1) is 14.3. The van der Waals surface area contributed by atoms with Crippen LogP contribution in [0.15, 0.2) is 24.4 Å². The third-order valence-corrected chi connectivity index (χ3v) is 4.74. The summed E-state index contributed by atoms with van der Waals surface area (Å²) in [5.74, 6) is 0.163. The summed E-state index contributed by atoms with van der Waals surface area (Å²) in [6.45, 7) is 3.94. The summed E-state index contributed by atoms with van der Waals surface area (Å²) in [6.07, 6.45) is 1.72. The van der Waals surface area contributed by atoms with Crippen molar-refractivity contribution >= 4 is 34.9 Å². The maximum absolute atomic E-state index is 12.8. The molecule has 3 heterocycles. The van der Waals surface area contributed by atoms with Gasteiger partial charge in [-0.15, -0.1) is 0 Å². The van der Waals surface area contributed by atoms with Gasteiger partial charge in [-0.25, -0.2) is 4.68 Å². The number of nitrogens with one attached hydrogen (secondary N) is 2. The molecule has 7 heteroatoms. The summed E-state index contributed by atoms with van der Waals surface area (Å²) in [7, 11) is 0. The molecule has 0 aliphatic carbocycles. The van der Waals surface area contributed by atoms with E-state index < -0.39 is 5.41 Å². The Morgan fingerprint density at radius 1 is 1.26 bits per heavy atom. The Balaban J connectivity index is 2.02. The normalized spacial score (nSPS) is 22.1. The molecule has 0 bridgehead atoms. The molecular formula is C16H15ClN4O2. The minimum Gasteiger partial charge on any atom is -0.325 e. The molecule has 0 saturated heterocycles. The van der Waals surface area contributed by atoms with Crippen molar-refractivity contribution in [3.63, 3.8) is 0 Å². The molecule has 6 nitrogen and oxygen atoms in total. The lowest BCUT2D eigenvalue weighted by Gasteiger charge is -2.32. The van der Waals surface area contributed by atoms with Crippen LogP contribution in [-0.4, -0.2) is 21.6 Å². The topological polar surface area (TPSA) is 76.0 Å². The van der Waals surface area contributed by atoms with Crippen LogP contribution >= 0.6 is 11.6 Å². The van der Waals surface area contributed by atoms with Gasteiger partial charge in [0.05, 0.1) is 6.20 Å². The highest BCUT2D eigenvalue weighted by Crippen LogP contribution is 2.50. The first-order valence-electron chi connectivity index (χ1n) is 7.43. The van der Waals surface area contributed by atoms with E-state index in [1.165, 1.54) is 0 Å². The molecule has 1 aromatic heterocycles. The van der Waals surface area contributed by atoms with Gasteiger partial charge < -0.3 is 10.6 Å². The van der Waals surface area contributed by atoms with E-state index in [1.54, 1.807) is 29.1 Å². The van der Waals surface area contributed by atoms with Crippen LogP contribution in [0, 0.1) is 0 Å². The Hall–Kier alpha value is -2.34. The summed E-state index contributed by atoms with van der Waals surface area (Å²) >= 11 is 6.13. The van der Waals surface area contributed by atoms with Crippen LogP contribution in [0.2, 0.25) is 5.02 Å². The Morgan fingerprint density at radius 3 is 2.78 bits per heavy atom. The molecule has 23 heavy (non-hydrogen) atoms. The van der Waals surface area contributed by atoms with Crippen LogP contribution < -0.4 is 10.6 Å². The first-order valence-corrected chi connectivity index (χ1v) is 7.80. The number of benzene rings is 1. The van der Waals surface area contributed by atoms with Crippen LogP contribution in [0.1, 0.15) is 37.4 Å². The quantitative estimate of drug-likeness (QED) is 0.844. The molecule has 0 radical (unpaired) electrons. The van der Waals surface area contributed by atoms with Crippen molar-refractivity contribution in [3.05, 3.63) is 40.5 Å². The number of carbonyl (C=O) groups excluding carboxylic acids is 2. The predicted molar refractivity (Wildman–Crippen MR) is 86.7 cm³/mol. The zero-order valence-electron chi connectivity index (χ0n) is 12.7. The lowest BCUT2D eigenvalue weighted by atomic mass is 9.72. The van der Waals surface area contributed by atoms with Crippen LogP contribution in [0.5, 0.6) is 0 Å². The van der Waals surface area contributed by atoms with Crippen LogP contribution in [0.3, 0.4) is 0 Å². The molecule has 1 spiro atoms. The molecule has 2 aromatic rings. The summed E-state index contributed by atoms with van der Waals surface area (Å²) in [4.78, 5) is 25.2. The molecule has 2 aliphatic heterocycles. The fourth-order valence-corrected chi connectivity index (χ4v) is 3.65. The van der Waals surface area contributed by atoms with Crippen molar-refractivity contribution in [2.24, 2.45) is 0 Å². The molecule has 118 valence electrons. The molecule has 1 aromatic carbocycles. The van der Waals surface area contributed by atoms with Gasteiger partial charge in [0.2, 0.25) is 11.8 Å². The third kappa shape index (κ3) is 1.78. The summed E-state index contributed by atoms with van der Waals surface area (Å²) in [6, 6.07) is 5.31. The van der Waals surface area contributed by atoms with Gasteiger partial charge in [0.15, 0.2) is 0 Å². The molecule has 2 aliphatic rings. The maximum Gasteiger partial charge on any atom is 0.240 e. The number of carbonyl (C=O) groups is 2. The number of halogens is 1. The smallest absolute Gasteiger partial charge is 0.240 e. The number of rotatable bonds is 1. The second-order valence-electron chi connectivity index (χ2n) is 6.22. The molecule has 4 rings (SSSR count). The van der Waals surface area contributed by atoms with Crippen LogP contribution in [0.25, 0.3) is 0 Å². The number of anilines is 2. The Morgan fingerprint density at radius 2 is 2.04 bits per heavy atom. The number of amides is 2. The van der Waals surface area contributed by atoms with Gasteiger partial charge in [-0.2, -0.15) is 5.10 Å². The SMILES string of the molecule is CC(C)n1ncc2c1NC(=O)C[C@@]21C(=O)Nc2ccc(Cl)cc21. The van der Waals surface area contributed by atoms with Crippen molar-refractivity contribution in [1.82, 2.24) is 9.78 Å². The van der Waals surface area contributed by atoms with Gasteiger partial charge in [-0.1, -0.05) is 11.6 Å². The van der Waals surface area contributed by atoms with Crippen molar-refractivity contribution in [1.29, 1.82) is 0 Å². The number of hydrogen-bond acceptors (Lipinski definition) is 3. The molecule has 0 fully saturated rings. The number of hydrogen-bond donors (Lipinski definition) is 2. The van der Waals surface area contributed by atoms with E-state index in [1.807, 2.05) is 13.8 Å².